The summed E-state index contributed by atoms with van der Waals surface area (Å²) in [5, 5.41) is 30.9. The number of benzene rings is 23. The molecule has 0 N–H and O–H groups in total. The van der Waals surface area contributed by atoms with Crippen LogP contribution >= 0.6 is 0 Å². The lowest BCUT2D eigenvalue weighted by molar-refractivity contribution is 1.07. The highest BCUT2D eigenvalue weighted by Crippen LogP contribution is 2.48. The molecule has 10 heteroatoms. The number of nitrogens with zero attached hydrogens (tertiary/aromatic N) is 10. The van der Waals surface area contributed by atoms with Crippen molar-refractivity contribution in [3.05, 3.63) is 461 Å². The molecule has 0 atom stereocenters. The highest BCUT2D eigenvalue weighted by Gasteiger charge is 2.27. The van der Waals surface area contributed by atoms with E-state index in [1.165, 1.54) is 130 Å². The van der Waals surface area contributed by atoms with Crippen molar-refractivity contribution >= 4 is 184 Å². The number of aromatic nitrogens is 10. The van der Waals surface area contributed by atoms with Crippen LogP contribution < -0.4 is 0 Å². The molecule has 0 aliphatic rings. The van der Waals surface area contributed by atoms with Crippen LogP contribution in [0.25, 0.3) is 275 Å². The summed E-state index contributed by atoms with van der Waals surface area (Å²) < 4.78 is 9.83. The molecule has 6 aromatic heterocycles. The maximum atomic E-state index is 5.40. The first-order valence-electron chi connectivity index (χ1n) is 46.3. The van der Waals surface area contributed by atoms with E-state index < -0.39 is 0 Å². The third-order valence-electron chi connectivity index (χ3n) is 28.0. The molecule has 0 bridgehead atoms. The summed E-state index contributed by atoms with van der Waals surface area (Å²) in [5.74, 6) is 3.78. The first kappa shape index (κ1) is 76.5. The number of para-hydroxylation sites is 3. The van der Waals surface area contributed by atoms with Gasteiger partial charge in [-0.15, -0.1) is 0 Å². The molecule has 0 saturated heterocycles. The molecule has 0 aliphatic carbocycles. The minimum atomic E-state index is 0.613. The van der Waals surface area contributed by atoms with Gasteiger partial charge >= 0.3 is 0 Å². The molecule has 23 aromatic carbocycles. The summed E-state index contributed by atoms with van der Waals surface area (Å²) in [4.78, 5) is 31.7. The van der Waals surface area contributed by atoms with Gasteiger partial charge in [0.05, 0.1) is 55.5 Å². The summed E-state index contributed by atoms with van der Waals surface area (Å²) in [7, 11) is 0. The number of fused-ring (bicyclic) bond motifs is 25. The monoisotopic (exact) mass is 1730 g/mol. The van der Waals surface area contributed by atoms with Crippen LogP contribution in [0.4, 0.5) is 0 Å². The second-order valence-electron chi connectivity index (χ2n) is 35.5. The van der Waals surface area contributed by atoms with Gasteiger partial charge in [0.1, 0.15) is 0 Å². The molecule has 10 nitrogen and oxygen atoms in total. The quantitative estimate of drug-likeness (QED) is 0.127. The lowest BCUT2D eigenvalue weighted by Crippen LogP contribution is -2.02. The Bertz CT molecular complexity index is 10100. The van der Waals surface area contributed by atoms with Crippen LogP contribution in [-0.4, -0.2) is 48.2 Å². The molecule has 630 valence electrons. The molecule has 0 spiro atoms. The predicted octanol–water partition coefficient (Wildman–Crippen LogP) is 32.5. The van der Waals surface area contributed by atoms with Crippen molar-refractivity contribution in [1.29, 1.82) is 0 Å². The van der Waals surface area contributed by atoms with E-state index in [-0.39, 0.29) is 0 Å². The van der Waals surface area contributed by atoms with Crippen molar-refractivity contribution in [3.8, 4) is 91.1 Å². The van der Waals surface area contributed by atoms with Gasteiger partial charge in [-0.2, -0.15) is 0 Å². The summed E-state index contributed by atoms with van der Waals surface area (Å²) in [6, 6.07) is 166. The van der Waals surface area contributed by atoms with E-state index in [4.69, 9.17) is 29.9 Å². The average Bonchev–Trinajstić information content (AvgIpc) is 1.55. The highest BCUT2D eigenvalue weighted by atomic mass is 15.1. The van der Waals surface area contributed by atoms with Crippen molar-refractivity contribution in [2.75, 3.05) is 0 Å². The lowest BCUT2D eigenvalue weighted by atomic mass is 9.96. The maximum Gasteiger partial charge on any atom is 0.164 e. The second kappa shape index (κ2) is 30.6. The summed E-state index contributed by atoms with van der Waals surface area (Å²) in [6.45, 7) is 0. The first-order chi connectivity index (χ1) is 67.4. The van der Waals surface area contributed by atoms with Crippen LogP contribution in [0, 0.1) is 0 Å². The molecule has 0 saturated carbocycles. The van der Waals surface area contributed by atoms with Crippen LogP contribution in [0.1, 0.15) is 0 Å². The Hall–Kier alpha value is -18.4. The minimum Gasteiger partial charge on any atom is -0.309 e. The van der Waals surface area contributed by atoms with Crippen molar-refractivity contribution in [2.24, 2.45) is 0 Å². The molecule has 0 radical (unpaired) electrons. The summed E-state index contributed by atoms with van der Waals surface area (Å²) in [6.07, 6.45) is 0. The summed E-state index contributed by atoms with van der Waals surface area (Å²) >= 11 is 0. The fourth-order valence-corrected chi connectivity index (χ4v) is 21.9. The zero-order valence-electron chi connectivity index (χ0n) is 73.4. The van der Waals surface area contributed by atoms with Gasteiger partial charge in [0.25, 0.3) is 0 Å². The third kappa shape index (κ3) is 12.1. The van der Waals surface area contributed by atoms with E-state index >= 15 is 0 Å². The number of rotatable bonds is 10. The molecule has 136 heavy (non-hydrogen) atoms. The van der Waals surface area contributed by atoms with Crippen LogP contribution in [0.5, 0.6) is 0 Å². The summed E-state index contributed by atoms with van der Waals surface area (Å²) in [5.41, 5.74) is 19.4. The molecule has 29 rings (SSSR count). The normalized spacial score (nSPS) is 12.0. The largest absolute Gasteiger partial charge is 0.309 e. The van der Waals surface area contributed by atoms with Crippen LogP contribution in [0.15, 0.2) is 461 Å². The Kier molecular flexibility index (Phi) is 17.2. The van der Waals surface area contributed by atoms with E-state index in [1.54, 1.807) is 0 Å². The van der Waals surface area contributed by atoms with Gasteiger partial charge in [0.15, 0.2) is 34.9 Å². The van der Waals surface area contributed by atoms with Crippen LogP contribution in [0.3, 0.4) is 0 Å². The molecule has 6 heterocycles. The van der Waals surface area contributed by atoms with Gasteiger partial charge in [-0.1, -0.05) is 364 Å². The Labute approximate surface area is 779 Å². The minimum absolute atomic E-state index is 0.613. The van der Waals surface area contributed by atoms with Crippen molar-refractivity contribution < 1.29 is 0 Å². The van der Waals surface area contributed by atoms with Crippen molar-refractivity contribution in [2.45, 2.75) is 0 Å². The van der Waals surface area contributed by atoms with Gasteiger partial charge in [-0.05, 0) is 172 Å². The highest BCUT2D eigenvalue weighted by molar-refractivity contribution is 6.24. The van der Waals surface area contributed by atoms with Gasteiger partial charge in [0, 0.05) is 109 Å². The predicted molar refractivity (Wildman–Crippen MR) is 567 cm³/mol. The first-order valence-corrected chi connectivity index (χ1v) is 46.3. The molecule has 29 aromatic rings. The Morgan fingerprint density at radius 1 is 0.132 bits per heavy atom. The molecule has 0 unspecified atom stereocenters. The van der Waals surface area contributed by atoms with E-state index in [9.17, 15) is 0 Å². The molecular weight excluding hydrogens is 1650 g/mol. The Balaban J connectivity index is 0.000000135. The SMILES string of the molecule is c1ccc(-c2nc(-c3ccc(-n4c5ccccc5c5cc6cccc(-n7c8ccccc8c8ccc9ccccc9c87)c6cc54)c4ccccc34)nc(-c3cc4ccccc4c4ccccc34)n2)cc1.c1ccc(-c2nc(-c3cccc(-n4c5cc(-n6c7ccccc7c7ccc8ccccc8c76)ccc5c5cc6ccccc6cc54)c3)nc(-c3cc4ccccc4c4ccccc34)n2)cc1. The number of hydrogen-bond acceptors (Lipinski definition) is 6. The molecule has 0 fully saturated rings. The fourth-order valence-electron chi connectivity index (χ4n) is 21.9. The topological polar surface area (TPSA) is 97.1 Å². The lowest BCUT2D eigenvalue weighted by Gasteiger charge is -2.16. The molecular formula is C126H76N10. The van der Waals surface area contributed by atoms with Crippen LogP contribution in [-0.2, 0) is 0 Å². The van der Waals surface area contributed by atoms with Crippen molar-refractivity contribution in [3.63, 3.8) is 0 Å². The zero-order chi connectivity index (χ0) is 89.2. The van der Waals surface area contributed by atoms with Gasteiger partial charge in [-0.25, -0.2) is 29.9 Å². The molecule has 0 aliphatic heterocycles. The standard InChI is InChI=1S/C65H39N5.C61H37N5/c1-2-18-41(19-3-1)63-66-64(68-65(67-63)56-38-42-20-5-6-22-44(42)46-24-8-9-25-47(46)56)53-35-36-60(49-27-11-10-26-48(49)53)69-57-30-14-13-29-51(57)55-37-43-21-16-32-59(54(43)39-61(55)69)70-58-31-15-12-28-50(58)52-34-33-40-17-4-7-23-45(40)62(52)70;1-2-16-39(17-3-1)59-62-60(64-61(63-59)54-35-42-20-7-8-23-46(42)48-25-10-11-26-49(48)54)43-21-14-22-44(33-43)65-56-36-41-19-5-4-18-40(41)34-53(56)51-32-30-45(37-57(51)65)66-55-28-13-12-27-50(55)52-31-29-38-15-6-9-24-47(38)58(52)66/h1-39H;1-37H. The Morgan fingerprint density at radius 2 is 0.485 bits per heavy atom. The van der Waals surface area contributed by atoms with Gasteiger partial charge in [-0.3, -0.25) is 0 Å². The maximum absolute atomic E-state index is 5.40. The van der Waals surface area contributed by atoms with E-state index in [2.05, 4.69) is 443 Å². The Morgan fingerprint density at radius 3 is 1.07 bits per heavy atom. The van der Waals surface area contributed by atoms with Gasteiger partial charge < -0.3 is 18.3 Å². The van der Waals surface area contributed by atoms with Crippen LogP contribution in [0.2, 0.25) is 0 Å². The van der Waals surface area contributed by atoms with Crippen molar-refractivity contribution in [1.82, 2.24) is 48.2 Å². The smallest absolute Gasteiger partial charge is 0.164 e. The third-order valence-corrected chi connectivity index (χ3v) is 28.0. The number of hydrogen-bond donors (Lipinski definition) is 0. The average molecular weight is 1730 g/mol. The van der Waals surface area contributed by atoms with E-state index in [1.807, 2.05) is 36.4 Å². The fraction of sp³-hybridized carbons (Fsp3) is 0. The van der Waals surface area contributed by atoms with E-state index in [0.29, 0.717) is 34.9 Å². The van der Waals surface area contributed by atoms with E-state index in [0.717, 1.165) is 111 Å². The zero-order valence-corrected chi connectivity index (χ0v) is 73.4. The molecule has 0 amide bonds. The second-order valence-corrected chi connectivity index (χ2v) is 35.5. The van der Waals surface area contributed by atoms with Gasteiger partial charge in [0.2, 0.25) is 0 Å².